The molecule has 8 heteroatoms. The highest BCUT2D eigenvalue weighted by atomic mass is 32.2. The highest BCUT2D eigenvalue weighted by Crippen LogP contribution is 2.37. The lowest BCUT2D eigenvalue weighted by Gasteiger charge is -2.43. The fourth-order valence-corrected chi connectivity index (χ4v) is 5.86. The molecule has 0 aromatic carbocycles. The second-order valence-corrected chi connectivity index (χ2v) is 8.06. The molecule has 2 atom stereocenters. The van der Waals surface area contributed by atoms with Gasteiger partial charge in [0.1, 0.15) is 0 Å². The summed E-state index contributed by atoms with van der Waals surface area (Å²) in [6.07, 6.45) is 5.95. The largest absolute Gasteiger partial charge is 0.325 e. The van der Waals surface area contributed by atoms with Gasteiger partial charge in [-0.15, -0.1) is 0 Å². The maximum atomic E-state index is 13.0. The van der Waals surface area contributed by atoms with E-state index in [1.54, 1.807) is 0 Å². The highest BCUT2D eigenvalue weighted by Gasteiger charge is 2.41. The second-order valence-electron chi connectivity index (χ2n) is 6.23. The molecule has 1 saturated carbocycles. The molecular weight excluding hydrogens is 306 g/mol. The predicted molar refractivity (Wildman–Crippen MR) is 81.3 cm³/mol. The lowest BCUT2D eigenvalue weighted by molar-refractivity contribution is 0.129. The van der Waals surface area contributed by atoms with Crippen LogP contribution in [0.2, 0.25) is 0 Å². The van der Waals surface area contributed by atoms with E-state index in [2.05, 4.69) is 4.98 Å². The van der Waals surface area contributed by atoms with Crippen LogP contribution in [0.3, 0.4) is 0 Å². The molecule has 3 rings (SSSR count). The van der Waals surface area contributed by atoms with Gasteiger partial charge in [-0.25, -0.2) is 13.2 Å². The van der Waals surface area contributed by atoms with Crippen molar-refractivity contribution in [2.45, 2.75) is 56.4 Å². The number of rotatable bonds is 2. The van der Waals surface area contributed by atoms with Crippen LogP contribution in [0.1, 0.15) is 44.2 Å². The van der Waals surface area contributed by atoms with Crippen molar-refractivity contribution < 1.29 is 8.42 Å². The Kier molecular flexibility index (Phi) is 3.98. The van der Waals surface area contributed by atoms with Gasteiger partial charge in [0.15, 0.2) is 4.90 Å². The van der Waals surface area contributed by atoms with Gasteiger partial charge in [0.2, 0.25) is 0 Å². The molecule has 122 valence electrons. The molecule has 0 spiro atoms. The van der Waals surface area contributed by atoms with Crippen molar-refractivity contribution >= 4 is 10.0 Å². The van der Waals surface area contributed by atoms with Gasteiger partial charge in [0.05, 0.1) is 0 Å². The van der Waals surface area contributed by atoms with Crippen molar-refractivity contribution in [3.8, 4) is 0 Å². The summed E-state index contributed by atoms with van der Waals surface area (Å²) in [6, 6.07) is -0.0155. The van der Waals surface area contributed by atoms with Crippen molar-refractivity contribution in [1.82, 2.24) is 14.3 Å². The summed E-state index contributed by atoms with van der Waals surface area (Å²) in [7, 11) is -3.89. The fourth-order valence-electron chi connectivity index (χ4n) is 3.89. The van der Waals surface area contributed by atoms with Gasteiger partial charge in [-0.05, 0) is 38.5 Å². The third-order valence-electron chi connectivity index (χ3n) is 4.83. The number of fused-ring (bicyclic) bond motifs is 1. The molecular formula is C14H21N3O4S. The summed E-state index contributed by atoms with van der Waals surface area (Å²) in [4.78, 5) is 27.4. The average molecular weight is 327 g/mol. The maximum Gasteiger partial charge on any atom is 0.325 e. The molecule has 1 aromatic rings. The van der Waals surface area contributed by atoms with Gasteiger partial charge in [-0.2, -0.15) is 4.31 Å². The van der Waals surface area contributed by atoms with Crippen LogP contribution in [-0.4, -0.2) is 35.3 Å². The van der Waals surface area contributed by atoms with Crippen LogP contribution in [-0.2, 0) is 10.0 Å². The van der Waals surface area contributed by atoms with E-state index in [0.717, 1.165) is 38.5 Å². The first kappa shape index (κ1) is 15.5. The van der Waals surface area contributed by atoms with Crippen LogP contribution in [0.15, 0.2) is 14.5 Å². The van der Waals surface area contributed by atoms with Gasteiger partial charge in [0, 0.05) is 18.3 Å². The molecule has 0 amide bonds. The SMILES string of the molecule is Cc1[nH]c(=O)[nH]c(=O)c1S(=O)(=O)N1CCCC2CCCCC21. The number of aromatic nitrogens is 2. The number of nitrogens with zero attached hydrogens (tertiary/aromatic N) is 1. The third-order valence-corrected chi connectivity index (χ3v) is 6.91. The van der Waals surface area contributed by atoms with Crippen molar-refractivity contribution in [3.05, 3.63) is 26.5 Å². The lowest BCUT2D eigenvalue weighted by Crippen LogP contribution is -2.51. The number of aromatic amines is 2. The minimum absolute atomic E-state index is 0.0155. The van der Waals surface area contributed by atoms with E-state index in [1.165, 1.54) is 11.2 Å². The van der Waals surface area contributed by atoms with Gasteiger partial charge in [-0.1, -0.05) is 12.8 Å². The van der Waals surface area contributed by atoms with Crippen LogP contribution in [0, 0.1) is 12.8 Å². The minimum Gasteiger partial charge on any atom is -0.310 e. The van der Waals surface area contributed by atoms with Crippen molar-refractivity contribution in [3.63, 3.8) is 0 Å². The Labute approximate surface area is 128 Å². The first-order chi connectivity index (χ1) is 10.4. The van der Waals surface area contributed by atoms with Crippen molar-refractivity contribution in [2.24, 2.45) is 5.92 Å². The summed E-state index contributed by atoms with van der Waals surface area (Å²) >= 11 is 0. The summed E-state index contributed by atoms with van der Waals surface area (Å²) in [5.74, 6) is 0.388. The molecule has 1 aliphatic carbocycles. The molecule has 22 heavy (non-hydrogen) atoms. The van der Waals surface area contributed by atoms with E-state index >= 15 is 0 Å². The van der Waals surface area contributed by atoms with E-state index in [-0.39, 0.29) is 16.6 Å². The molecule has 1 saturated heterocycles. The van der Waals surface area contributed by atoms with E-state index in [0.29, 0.717) is 12.5 Å². The first-order valence-electron chi connectivity index (χ1n) is 7.76. The predicted octanol–water partition coefficient (Wildman–Crippen LogP) is 0.715. The van der Waals surface area contributed by atoms with E-state index in [4.69, 9.17) is 0 Å². The van der Waals surface area contributed by atoms with Gasteiger partial charge < -0.3 is 4.98 Å². The number of sulfonamides is 1. The molecule has 2 fully saturated rings. The quantitative estimate of drug-likeness (QED) is 0.835. The number of aryl methyl sites for hydroxylation is 1. The molecule has 0 bridgehead atoms. The zero-order valence-electron chi connectivity index (χ0n) is 12.6. The molecule has 1 aromatic heterocycles. The van der Waals surface area contributed by atoms with Crippen molar-refractivity contribution in [2.75, 3.05) is 6.54 Å². The number of H-pyrrole nitrogens is 2. The molecule has 2 unspecified atom stereocenters. The van der Waals surface area contributed by atoms with Gasteiger partial charge >= 0.3 is 5.69 Å². The number of hydrogen-bond acceptors (Lipinski definition) is 4. The van der Waals surface area contributed by atoms with E-state index in [1.807, 2.05) is 4.98 Å². The average Bonchev–Trinajstić information content (AvgIpc) is 2.45. The zero-order chi connectivity index (χ0) is 15.9. The second kappa shape index (κ2) is 5.66. The molecule has 0 radical (unpaired) electrons. The summed E-state index contributed by atoms with van der Waals surface area (Å²) in [5, 5.41) is 0. The van der Waals surface area contributed by atoms with Crippen LogP contribution in [0.5, 0.6) is 0 Å². The van der Waals surface area contributed by atoms with Crippen LogP contribution in [0.25, 0.3) is 0 Å². The number of hydrogen-bond donors (Lipinski definition) is 2. The molecule has 2 aliphatic rings. The monoisotopic (exact) mass is 327 g/mol. The number of piperidine rings is 1. The first-order valence-corrected chi connectivity index (χ1v) is 9.20. The minimum atomic E-state index is -3.89. The fraction of sp³-hybridized carbons (Fsp3) is 0.714. The summed E-state index contributed by atoms with van der Waals surface area (Å²) < 4.78 is 27.5. The Morgan fingerprint density at radius 1 is 1.05 bits per heavy atom. The molecule has 7 nitrogen and oxygen atoms in total. The Balaban J connectivity index is 2.06. The van der Waals surface area contributed by atoms with Crippen molar-refractivity contribution in [1.29, 1.82) is 0 Å². The zero-order valence-corrected chi connectivity index (χ0v) is 13.4. The van der Waals surface area contributed by atoms with Gasteiger partial charge in [-0.3, -0.25) is 9.78 Å². The van der Waals surface area contributed by atoms with Crippen LogP contribution < -0.4 is 11.2 Å². The maximum absolute atomic E-state index is 13.0. The highest BCUT2D eigenvalue weighted by molar-refractivity contribution is 7.89. The Morgan fingerprint density at radius 2 is 1.73 bits per heavy atom. The van der Waals surface area contributed by atoms with Crippen LogP contribution >= 0.6 is 0 Å². The topological polar surface area (TPSA) is 103 Å². The molecule has 2 heterocycles. The Morgan fingerprint density at radius 3 is 2.45 bits per heavy atom. The smallest absolute Gasteiger partial charge is 0.310 e. The standard InChI is InChI=1S/C14H21N3O4S/c1-9-12(13(18)16-14(19)15-9)22(20,21)17-8-4-6-10-5-2-3-7-11(10)17/h10-11H,2-8H2,1H3,(H2,15,16,18,19). The Bertz CT molecular complexity index is 778. The van der Waals surface area contributed by atoms with Crippen LogP contribution in [0.4, 0.5) is 0 Å². The molecule has 2 N–H and O–H groups in total. The number of nitrogens with one attached hydrogen (secondary N) is 2. The molecule has 1 aliphatic heterocycles. The lowest BCUT2D eigenvalue weighted by atomic mass is 9.79. The summed E-state index contributed by atoms with van der Waals surface area (Å²) in [5.41, 5.74) is -1.42. The van der Waals surface area contributed by atoms with Gasteiger partial charge in [0.25, 0.3) is 15.6 Å². The normalized spacial score (nSPS) is 26.6. The third kappa shape index (κ3) is 2.54. The van der Waals surface area contributed by atoms with E-state index < -0.39 is 21.3 Å². The van der Waals surface area contributed by atoms with E-state index in [9.17, 15) is 18.0 Å². The Hall–Kier alpha value is -1.41. The summed E-state index contributed by atoms with van der Waals surface area (Å²) in [6.45, 7) is 1.90.